The standard InChI is InChI=1S/C18H30N2/c1-4-12-19-14-16-7-5-6-8-18(16)20(17-9-10-17)13-11-15(2)3/h5-8,15,17,19H,4,9-14H2,1-3H3. The summed E-state index contributed by atoms with van der Waals surface area (Å²) in [4.78, 5) is 2.66. The molecular weight excluding hydrogens is 244 g/mol. The minimum atomic E-state index is 0.779. The van der Waals surface area contributed by atoms with Crippen LogP contribution in [-0.4, -0.2) is 19.1 Å². The van der Waals surface area contributed by atoms with Crippen LogP contribution in [0.1, 0.15) is 52.0 Å². The van der Waals surface area contributed by atoms with E-state index in [4.69, 9.17) is 0 Å². The number of para-hydroxylation sites is 1. The fourth-order valence-electron chi connectivity index (χ4n) is 2.62. The molecule has 1 saturated carbocycles. The molecular formula is C18H30N2. The Hall–Kier alpha value is -1.02. The molecule has 0 saturated heterocycles. The lowest BCUT2D eigenvalue weighted by Gasteiger charge is -2.28. The fraction of sp³-hybridized carbons (Fsp3) is 0.667. The summed E-state index contributed by atoms with van der Waals surface area (Å²) in [5, 5.41) is 3.54. The van der Waals surface area contributed by atoms with Crippen molar-refractivity contribution in [3.8, 4) is 0 Å². The van der Waals surface area contributed by atoms with Crippen molar-refractivity contribution in [1.29, 1.82) is 0 Å². The monoisotopic (exact) mass is 274 g/mol. The molecule has 1 aliphatic rings. The summed E-state index contributed by atoms with van der Waals surface area (Å²) in [6.07, 6.45) is 5.22. The second kappa shape index (κ2) is 7.68. The zero-order valence-electron chi connectivity index (χ0n) is 13.4. The van der Waals surface area contributed by atoms with Crippen LogP contribution in [0, 0.1) is 5.92 Å². The maximum absolute atomic E-state index is 3.54. The largest absolute Gasteiger partial charge is 0.368 e. The first-order valence-corrected chi connectivity index (χ1v) is 8.27. The third-order valence-electron chi connectivity index (χ3n) is 3.98. The van der Waals surface area contributed by atoms with Gasteiger partial charge in [0.1, 0.15) is 0 Å². The van der Waals surface area contributed by atoms with Gasteiger partial charge in [-0.15, -0.1) is 0 Å². The molecule has 0 bridgehead atoms. The first kappa shape index (κ1) is 15.4. The molecule has 20 heavy (non-hydrogen) atoms. The lowest BCUT2D eigenvalue weighted by molar-refractivity contribution is 0.569. The van der Waals surface area contributed by atoms with Gasteiger partial charge in [-0.25, -0.2) is 0 Å². The van der Waals surface area contributed by atoms with Crippen LogP contribution in [0.2, 0.25) is 0 Å². The van der Waals surface area contributed by atoms with Crippen LogP contribution in [0.15, 0.2) is 24.3 Å². The Bertz CT molecular complexity index is 396. The Balaban J connectivity index is 2.06. The highest BCUT2D eigenvalue weighted by atomic mass is 15.2. The molecule has 1 aliphatic carbocycles. The quantitative estimate of drug-likeness (QED) is 0.679. The normalized spacial score (nSPS) is 14.8. The number of benzene rings is 1. The predicted octanol–water partition coefficient (Wildman–Crippen LogP) is 4.20. The zero-order chi connectivity index (χ0) is 14.4. The van der Waals surface area contributed by atoms with Gasteiger partial charge in [-0.05, 0) is 49.8 Å². The molecule has 2 rings (SSSR count). The summed E-state index contributed by atoms with van der Waals surface area (Å²) in [7, 11) is 0. The Morgan fingerprint density at radius 2 is 2.00 bits per heavy atom. The highest BCUT2D eigenvalue weighted by molar-refractivity contribution is 5.55. The van der Waals surface area contributed by atoms with E-state index in [9.17, 15) is 0 Å². The smallest absolute Gasteiger partial charge is 0.0414 e. The summed E-state index contributed by atoms with van der Waals surface area (Å²) in [6, 6.07) is 9.73. The van der Waals surface area contributed by atoms with Crippen LogP contribution in [-0.2, 0) is 6.54 Å². The number of nitrogens with zero attached hydrogens (tertiary/aromatic N) is 1. The lowest BCUT2D eigenvalue weighted by atomic mass is 10.1. The molecule has 0 aromatic heterocycles. The van der Waals surface area contributed by atoms with Gasteiger partial charge in [-0.2, -0.15) is 0 Å². The van der Waals surface area contributed by atoms with Gasteiger partial charge in [0.25, 0.3) is 0 Å². The van der Waals surface area contributed by atoms with Crippen molar-refractivity contribution >= 4 is 5.69 Å². The van der Waals surface area contributed by atoms with Crippen molar-refractivity contribution in [2.45, 2.75) is 59.0 Å². The minimum Gasteiger partial charge on any atom is -0.368 e. The number of nitrogens with one attached hydrogen (secondary N) is 1. The first-order chi connectivity index (χ1) is 9.72. The molecule has 2 nitrogen and oxygen atoms in total. The average Bonchev–Trinajstić information content (AvgIpc) is 3.25. The van der Waals surface area contributed by atoms with Gasteiger partial charge in [0.15, 0.2) is 0 Å². The second-order valence-corrected chi connectivity index (χ2v) is 6.41. The van der Waals surface area contributed by atoms with E-state index in [2.05, 4.69) is 55.3 Å². The topological polar surface area (TPSA) is 15.3 Å². The van der Waals surface area contributed by atoms with Crippen LogP contribution in [0.25, 0.3) is 0 Å². The maximum Gasteiger partial charge on any atom is 0.0414 e. The van der Waals surface area contributed by atoms with E-state index in [-0.39, 0.29) is 0 Å². The van der Waals surface area contributed by atoms with Gasteiger partial charge < -0.3 is 10.2 Å². The van der Waals surface area contributed by atoms with E-state index in [0.29, 0.717) is 0 Å². The number of hydrogen-bond acceptors (Lipinski definition) is 2. The maximum atomic E-state index is 3.54. The number of anilines is 1. The Morgan fingerprint density at radius 1 is 1.25 bits per heavy atom. The molecule has 1 fully saturated rings. The third kappa shape index (κ3) is 4.52. The molecule has 0 spiro atoms. The van der Waals surface area contributed by atoms with Gasteiger partial charge in [-0.1, -0.05) is 39.0 Å². The highest BCUT2D eigenvalue weighted by Gasteiger charge is 2.29. The summed E-state index contributed by atoms with van der Waals surface area (Å²) < 4.78 is 0. The number of hydrogen-bond donors (Lipinski definition) is 1. The average molecular weight is 274 g/mol. The molecule has 0 amide bonds. The third-order valence-corrected chi connectivity index (χ3v) is 3.98. The summed E-state index contributed by atoms with van der Waals surface area (Å²) >= 11 is 0. The molecule has 0 radical (unpaired) electrons. The van der Waals surface area contributed by atoms with Crippen molar-refractivity contribution in [3.05, 3.63) is 29.8 Å². The van der Waals surface area contributed by atoms with E-state index in [1.807, 2.05) is 0 Å². The highest BCUT2D eigenvalue weighted by Crippen LogP contribution is 2.34. The Kier molecular flexibility index (Phi) is 5.90. The SMILES string of the molecule is CCCNCc1ccccc1N(CCC(C)C)C1CC1. The van der Waals surface area contributed by atoms with E-state index in [1.54, 1.807) is 0 Å². The lowest BCUT2D eigenvalue weighted by Crippen LogP contribution is -2.29. The van der Waals surface area contributed by atoms with E-state index >= 15 is 0 Å². The van der Waals surface area contributed by atoms with E-state index < -0.39 is 0 Å². The van der Waals surface area contributed by atoms with Crippen LogP contribution < -0.4 is 10.2 Å². The second-order valence-electron chi connectivity index (χ2n) is 6.41. The van der Waals surface area contributed by atoms with Crippen LogP contribution >= 0.6 is 0 Å². The van der Waals surface area contributed by atoms with Gasteiger partial charge in [0, 0.05) is 24.8 Å². The fourth-order valence-corrected chi connectivity index (χ4v) is 2.62. The summed E-state index contributed by atoms with van der Waals surface area (Å²) in [6.45, 7) is 10.2. The molecule has 1 aromatic rings. The van der Waals surface area contributed by atoms with Gasteiger partial charge in [0.2, 0.25) is 0 Å². The minimum absolute atomic E-state index is 0.779. The van der Waals surface area contributed by atoms with Crippen molar-refractivity contribution in [3.63, 3.8) is 0 Å². The predicted molar refractivity (Wildman–Crippen MR) is 88.3 cm³/mol. The van der Waals surface area contributed by atoms with Crippen molar-refractivity contribution in [1.82, 2.24) is 5.32 Å². The van der Waals surface area contributed by atoms with Crippen LogP contribution in [0.5, 0.6) is 0 Å². The summed E-state index contributed by atoms with van der Waals surface area (Å²) in [5.74, 6) is 0.779. The van der Waals surface area contributed by atoms with Gasteiger partial charge in [-0.3, -0.25) is 0 Å². The molecule has 0 heterocycles. The van der Waals surface area contributed by atoms with Crippen molar-refractivity contribution in [2.75, 3.05) is 18.0 Å². The van der Waals surface area contributed by atoms with E-state index in [1.165, 1.54) is 43.5 Å². The molecule has 0 unspecified atom stereocenters. The van der Waals surface area contributed by atoms with Gasteiger partial charge >= 0.3 is 0 Å². The van der Waals surface area contributed by atoms with Crippen LogP contribution in [0.3, 0.4) is 0 Å². The van der Waals surface area contributed by atoms with Crippen molar-refractivity contribution < 1.29 is 0 Å². The first-order valence-electron chi connectivity index (χ1n) is 8.27. The Morgan fingerprint density at radius 3 is 2.65 bits per heavy atom. The molecule has 112 valence electrons. The van der Waals surface area contributed by atoms with E-state index in [0.717, 1.165) is 25.0 Å². The van der Waals surface area contributed by atoms with Crippen LogP contribution in [0.4, 0.5) is 5.69 Å². The van der Waals surface area contributed by atoms with Gasteiger partial charge in [0.05, 0.1) is 0 Å². The molecule has 1 N–H and O–H groups in total. The zero-order valence-corrected chi connectivity index (χ0v) is 13.4. The number of rotatable bonds is 9. The summed E-state index contributed by atoms with van der Waals surface area (Å²) in [5.41, 5.74) is 2.91. The van der Waals surface area contributed by atoms with Crippen molar-refractivity contribution in [2.24, 2.45) is 5.92 Å². The Labute approximate surface area is 124 Å². The molecule has 1 aromatic carbocycles. The molecule has 2 heteroatoms. The molecule has 0 aliphatic heterocycles. The molecule has 0 atom stereocenters.